The number of nitrogens with zero attached hydrogens (tertiary/aromatic N) is 1. The second kappa shape index (κ2) is 11.1. The minimum Gasteiger partial charge on any atom is -0.487 e. The monoisotopic (exact) mass is 755 g/mol. The number of esters is 1. The van der Waals surface area contributed by atoms with E-state index in [4.69, 9.17) is 9.47 Å². The lowest BCUT2D eigenvalue weighted by atomic mass is 10.2. The van der Waals surface area contributed by atoms with Gasteiger partial charge < -0.3 is 9.47 Å². The van der Waals surface area contributed by atoms with Crippen molar-refractivity contribution in [3.63, 3.8) is 0 Å². The van der Waals surface area contributed by atoms with Crippen LogP contribution in [0.4, 0.5) is 4.79 Å². The van der Waals surface area contributed by atoms with Crippen molar-refractivity contribution in [2.24, 2.45) is 0 Å². The average Bonchev–Trinajstić information content (AvgIpc) is 2.94. The van der Waals surface area contributed by atoms with E-state index in [-0.39, 0.29) is 4.91 Å². The average molecular weight is 756 g/mol. The Morgan fingerprint density at radius 2 is 1.73 bits per heavy atom. The summed E-state index contributed by atoms with van der Waals surface area (Å²) in [5, 5.41) is -0.490. The summed E-state index contributed by atoms with van der Waals surface area (Å²) in [5.41, 5.74) is 1.12. The van der Waals surface area contributed by atoms with Gasteiger partial charge in [-0.05, 0) is 119 Å². The fourth-order valence-corrected chi connectivity index (χ4v) is 6.06. The Hall–Kier alpha value is -1.12. The number of ether oxygens (including phenoxy) is 2. The molecule has 10 heteroatoms. The zero-order valence-electron chi connectivity index (χ0n) is 18.0. The fourth-order valence-electron chi connectivity index (χ4n) is 2.83. The third-order valence-corrected chi connectivity index (χ3v) is 7.23. The second-order valence-corrected chi connectivity index (χ2v) is 12.3. The van der Waals surface area contributed by atoms with Crippen molar-refractivity contribution in [2.45, 2.75) is 33.0 Å². The first kappa shape index (κ1) is 26.5. The van der Waals surface area contributed by atoms with E-state index < -0.39 is 29.3 Å². The van der Waals surface area contributed by atoms with E-state index in [0.717, 1.165) is 45.2 Å². The zero-order valence-corrected chi connectivity index (χ0v) is 24.7. The highest BCUT2D eigenvalue weighted by molar-refractivity contribution is 14.1. The topological polar surface area (TPSA) is 72.9 Å². The van der Waals surface area contributed by atoms with Crippen molar-refractivity contribution in [1.82, 2.24) is 4.90 Å². The van der Waals surface area contributed by atoms with Gasteiger partial charge in [0.05, 0.1) is 12.0 Å². The molecule has 1 aliphatic rings. The number of amides is 2. The lowest BCUT2D eigenvalue weighted by molar-refractivity contribution is -0.156. The summed E-state index contributed by atoms with van der Waals surface area (Å²) in [6.45, 7) is 5.22. The molecule has 1 saturated heterocycles. The molecule has 0 N–H and O–H groups in total. The first-order valence-corrected chi connectivity index (χ1v) is 13.5. The van der Waals surface area contributed by atoms with Gasteiger partial charge >= 0.3 is 5.97 Å². The predicted molar refractivity (Wildman–Crippen MR) is 149 cm³/mol. The van der Waals surface area contributed by atoms with Crippen LogP contribution < -0.4 is 4.74 Å². The molecule has 174 valence electrons. The Morgan fingerprint density at radius 1 is 1.12 bits per heavy atom. The molecule has 0 radical (unpaired) electrons. The number of benzene rings is 2. The fraction of sp³-hybridized carbons (Fsp3) is 0.261. The van der Waals surface area contributed by atoms with Gasteiger partial charge in [0.15, 0.2) is 0 Å². The number of halogens is 3. The zero-order chi connectivity index (χ0) is 24.3. The third-order valence-electron chi connectivity index (χ3n) is 4.20. The Balaban J connectivity index is 1.72. The van der Waals surface area contributed by atoms with Gasteiger partial charge in [0.2, 0.25) is 0 Å². The highest BCUT2D eigenvalue weighted by atomic mass is 127. The van der Waals surface area contributed by atoms with Gasteiger partial charge in [0, 0.05) is 4.47 Å². The van der Waals surface area contributed by atoms with E-state index in [1.807, 2.05) is 36.4 Å². The van der Waals surface area contributed by atoms with Crippen molar-refractivity contribution in [1.29, 1.82) is 0 Å². The number of thioether (sulfide) groups is 1. The summed E-state index contributed by atoms with van der Waals surface area (Å²) >= 11 is 8.62. The molecule has 33 heavy (non-hydrogen) atoms. The Morgan fingerprint density at radius 3 is 2.30 bits per heavy atom. The van der Waals surface area contributed by atoms with E-state index >= 15 is 0 Å². The van der Waals surface area contributed by atoms with E-state index in [1.54, 1.807) is 26.8 Å². The van der Waals surface area contributed by atoms with Crippen LogP contribution in [0.25, 0.3) is 6.08 Å². The molecule has 0 unspecified atom stereocenters. The molecule has 0 saturated carbocycles. The second-order valence-electron chi connectivity index (χ2n) is 8.08. The Labute approximate surface area is 232 Å². The van der Waals surface area contributed by atoms with E-state index in [2.05, 4.69) is 61.1 Å². The third kappa shape index (κ3) is 7.43. The highest BCUT2D eigenvalue weighted by Crippen LogP contribution is 2.35. The molecule has 6 nitrogen and oxygen atoms in total. The van der Waals surface area contributed by atoms with Crippen molar-refractivity contribution in [3.05, 3.63) is 64.0 Å². The molecule has 0 spiro atoms. The van der Waals surface area contributed by atoms with Crippen LogP contribution in [0.5, 0.6) is 5.75 Å². The maximum absolute atomic E-state index is 12.7. The lowest BCUT2D eigenvalue weighted by Crippen LogP contribution is -2.37. The molecule has 0 aliphatic carbocycles. The first-order valence-electron chi connectivity index (χ1n) is 9.76. The summed E-state index contributed by atoms with van der Waals surface area (Å²) < 4.78 is 14.0. The number of hydrogen-bond acceptors (Lipinski definition) is 6. The van der Waals surface area contributed by atoms with Crippen LogP contribution in [0, 0.1) is 7.14 Å². The highest BCUT2D eigenvalue weighted by Gasteiger charge is 2.37. The number of imide groups is 1. The number of carbonyl (C=O) groups excluding carboxylic acids is 3. The van der Waals surface area contributed by atoms with E-state index in [9.17, 15) is 14.4 Å². The van der Waals surface area contributed by atoms with Crippen LogP contribution in [0.2, 0.25) is 0 Å². The summed E-state index contributed by atoms with van der Waals surface area (Å²) in [5.74, 6) is -0.367. The predicted octanol–water partition coefficient (Wildman–Crippen LogP) is 6.62. The minimum absolute atomic E-state index is 0.263. The summed E-state index contributed by atoms with van der Waals surface area (Å²) in [4.78, 5) is 38.3. The van der Waals surface area contributed by atoms with Gasteiger partial charge in [-0.25, -0.2) is 0 Å². The smallest absolute Gasteiger partial charge is 0.326 e. The SMILES string of the molecule is CC(C)(C)OC(=O)CN1C(=O)SC(=Cc2cc(I)c(OCc3ccc(Br)cc3)c(I)c2)C1=O. The number of carbonyl (C=O) groups is 3. The quantitative estimate of drug-likeness (QED) is 0.188. The molecular weight excluding hydrogens is 736 g/mol. The first-order chi connectivity index (χ1) is 15.4. The maximum atomic E-state index is 12.7. The molecular formula is C23H20BrI2NO5S. The Kier molecular flexibility index (Phi) is 8.89. The normalized spacial score (nSPS) is 15.3. The summed E-state index contributed by atoms with van der Waals surface area (Å²) in [6, 6.07) is 11.7. The van der Waals surface area contributed by atoms with Crippen LogP contribution in [0.1, 0.15) is 31.9 Å². The maximum Gasteiger partial charge on any atom is 0.326 e. The molecule has 0 aromatic heterocycles. The van der Waals surface area contributed by atoms with Crippen LogP contribution in [0.15, 0.2) is 45.8 Å². The van der Waals surface area contributed by atoms with E-state index in [1.165, 1.54) is 0 Å². The lowest BCUT2D eigenvalue weighted by Gasteiger charge is -2.21. The van der Waals surface area contributed by atoms with Crippen LogP contribution >= 0.6 is 72.9 Å². The van der Waals surface area contributed by atoms with Crippen molar-refractivity contribution < 1.29 is 23.9 Å². The molecule has 3 rings (SSSR count). The summed E-state index contributed by atoms with van der Waals surface area (Å²) in [7, 11) is 0. The Bertz CT molecular complexity index is 1110. The van der Waals surface area contributed by atoms with Crippen LogP contribution in [0.3, 0.4) is 0 Å². The summed E-state index contributed by atoms with van der Waals surface area (Å²) in [6.07, 6.45) is 1.66. The van der Waals surface area contributed by atoms with Gasteiger partial charge in [0.25, 0.3) is 11.1 Å². The van der Waals surface area contributed by atoms with Crippen LogP contribution in [-0.2, 0) is 20.9 Å². The van der Waals surface area contributed by atoms with Crippen LogP contribution in [-0.4, -0.2) is 34.2 Å². The molecule has 0 atom stereocenters. The standard InChI is InChI=1S/C23H20BrI2NO5S/c1-23(2,3)32-19(28)11-27-21(29)18(33-22(27)30)10-14-8-16(25)20(17(26)9-14)31-12-13-4-6-15(24)7-5-13/h4-10H,11-12H2,1-3H3. The minimum atomic E-state index is -0.691. The van der Waals surface area contributed by atoms with E-state index in [0.29, 0.717) is 6.61 Å². The number of rotatable bonds is 6. The molecule has 2 aromatic carbocycles. The van der Waals surface area contributed by atoms with Crippen molar-refractivity contribution >= 4 is 96.1 Å². The molecule has 2 amide bonds. The van der Waals surface area contributed by atoms with Gasteiger partial charge in [-0.1, -0.05) is 28.1 Å². The van der Waals surface area contributed by atoms with Gasteiger partial charge in [-0.3, -0.25) is 19.3 Å². The van der Waals surface area contributed by atoms with Crippen molar-refractivity contribution in [2.75, 3.05) is 6.54 Å². The van der Waals surface area contributed by atoms with Gasteiger partial charge in [0.1, 0.15) is 24.5 Å². The largest absolute Gasteiger partial charge is 0.487 e. The number of hydrogen-bond donors (Lipinski definition) is 0. The molecule has 1 aliphatic heterocycles. The molecule has 0 bridgehead atoms. The van der Waals surface area contributed by atoms with Crippen molar-refractivity contribution in [3.8, 4) is 5.75 Å². The van der Waals surface area contributed by atoms with Gasteiger partial charge in [-0.15, -0.1) is 0 Å². The molecule has 1 heterocycles. The molecule has 2 aromatic rings. The van der Waals surface area contributed by atoms with Gasteiger partial charge in [-0.2, -0.15) is 0 Å². The molecule has 1 fully saturated rings.